The van der Waals surface area contributed by atoms with Gasteiger partial charge in [0.2, 0.25) is 0 Å². The molecule has 2 rings (SSSR count). The van der Waals surface area contributed by atoms with E-state index in [1.807, 2.05) is 6.07 Å². The molecule has 2 aromatic rings. The van der Waals surface area contributed by atoms with Gasteiger partial charge >= 0.3 is 5.97 Å². The van der Waals surface area contributed by atoms with Crippen LogP contribution in [0.5, 0.6) is 5.75 Å². The third kappa shape index (κ3) is 2.47. The number of rotatable bonds is 4. The highest BCUT2D eigenvalue weighted by atomic mass is 16.5. The fraction of sp³-hybridized carbons (Fsp3) is 0.214. The van der Waals surface area contributed by atoms with Gasteiger partial charge in [-0.1, -0.05) is 12.1 Å². The van der Waals surface area contributed by atoms with E-state index in [9.17, 15) is 4.79 Å². The Hall–Kier alpha value is -2.81. The maximum absolute atomic E-state index is 12.0. The number of hydrogen-bond acceptors (Lipinski definition) is 5. The third-order valence-electron chi connectivity index (χ3n) is 2.70. The Morgan fingerprint density at radius 1 is 1.50 bits per heavy atom. The summed E-state index contributed by atoms with van der Waals surface area (Å²) in [5.41, 5.74) is 1.27. The standard InChI is InChI=1S/C14H13N3O3/c1-3-20-14(18)12-11(8-15)16-17-13(12)9-5-4-6-10(7-9)19-2/h4-7H,3H2,1-2H3,(H,16,17). The van der Waals surface area contributed by atoms with Crippen LogP contribution in [0.15, 0.2) is 24.3 Å². The summed E-state index contributed by atoms with van der Waals surface area (Å²) in [5, 5.41) is 15.6. The molecule has 6 nitrogen and oxygen atoms in total. The molecule has 0 aliphatic heterocycles. The lowest BCUT2D eigenvalue weighted by atomic mass is 10.1. The van der Waals surface area contributed by atoms with E-state index in [1.54, 1.807) is 38.3 Å². The fourth-order valence-corrected chi connectivity index (χ4v) is 1.80. The van der Waals surface area contributed by atoms with Crippen LogP contribution in [0, 0.1) is 11.3 Å². The van der Waals surface area contributed by atoms with Crippen molar-refractivity contribution in [3.05, 3.63) is 35.5 Å². The molecule has 1 N–H and O–H groups in total. The van der Waals surface area contributed by atoms with Gasteiger partial charge in [-0.3, -0.25) is 5.10 Å². The first kappa shape index (κ1) is 13.6. The Bertz CT molecular complexity index is 671. The second-order valence-electron chi connectivity index (χ2n) is 3.89. The molecule has 0 spiro atoms. The largest absolute Gasteiger partial charge is 0.497 e. The van der Waals surface area contributed by atoms with Gasteiger partial charge in [-0.2, -0.15) is 10.4 Å². The molecule has 0 saturated carbocycles. The number of nitrogens with one attached hydrogen (secondary N) is 1. The Morgan fingerprint density at radius 2 is 2.30 bits per heavy atom. The molecular formula is C14H13N3O3. The molecule has 1 aromatic heterocycles. The first-order chi connectivity index (χ1) is 9.71. The van der Waals surface area contributed by atoms with Crippen molar-refractivity contribution in [1.29, 1.82) is 5.26 Å². The van der Waals surface area contributed by atoms with Crippen LogP contribution in [0.25, 0.3) is 11.3 Å². The predicted octanol–water partition coefficient (Wildman–Crippen LogP) is 2.13. The maximum atomic E-state index is 12.0. The second kappa shape index (κ2) is 5.89. The van der Waals surface area contributed by atoms with Crippen molar-refractivity contribution < 1.29 is 14.3 Å². The van der Waals surface area contributed by atoms with E-state index in [0.29, 0.717) is 17.0 Å². The van der Waals surface area contributed by atoms with E-state index >= 15 is 0 Å². The summed E-state index contributed by atoms with van der Waals surface area (Å²) in [6.45, 7) is 1.93. The summed E-state index contributed by atoms with van der Waals surface area (Å²) in [6.07, 6.45) is 0. The topological polar surface area (TPSA) is 88.0 Å². The second-order valence-corrected chi connectivity index (χ2v) is 3.89. The van der Waals surface area contributed by atoms with Crippen LogP contribution in [0.2, 0.25) is 0 Å². The fourth-order valence-electron chi connectivity index (χ4n) is 1.80. The summed E-state index contributed by atoms with van der Waals surface area (Å²) in [7, 11) is 1.55. The lowest BCUT2D eigenvalue weighted by Crippen LogP contribution is -2.07. The van der Waals surface area contributed by atoms with Crippen molar-refractivity contribution in [3.63, 3.8) is 0 Å². The molecular weight excluding hydrogens is 258 g/mol. The van der Waals surface area contributed by atoms with Gasteiger partial charge in [0.1, 0.15) is 23.1 Å². The lowest BCUT2D eigenvalue weighted by Gasteiger charge is -2.05. The zero-order chi connectivity index (χ0) is 14.5. The normalized spacial score (nSPS) is 9.85. The molecule has 0 radical (unpaired) electrons. The number of carbonyl (C=O) groups is 1. The first-order valence-electron chi connectivity index (χ1n) is 6.01. The van der Waals surface area contributed by atoms with Gasteiger partial charge in [0.15, 0.2) is 5.69 Å². The molecule has 0 bridgehead atoms. The highest BCUT2D eigenvalue weighted by Gasteiger charge is 2.22. The molecule has 1 aromatic carbocycles. The number of benzene rings is 1. The van der Waals surface area contributed by atoms with Gasteiger partial charge in [0.05, 0.1) is 13.7 Å². The van der Waals surface area contributed by atoms with E-state index in [4.69, 9.17) is 14.7 Å². The Labute approximate surface area is 115 Å². The summed E-state index contributed by atoms with van der Waals surface area (Å²) in [5.74, 6) is 0.0643. The number of aromatic nitrogens is 2. The molecule has 0 saturated heterocycles. The van der Waals surface area contributed by atoms with Crippen molar-refractivity contribution >= 4 is 5.97 Å². The van der Waals surface area contributed by atoms with Crippen molar-refractivity contribution in [2.24, 2.45) is 0 Å². The average Bonchev–Trinajstić information content (AvgIpc) is 2.91. The van der Waals surface area contributed by atoms with Gasteiger partial charge in [0.25, 0.3) is 0 Å². The number of H-pyrrole nitrogens is 1. The van der Waals surface area contributed by atoms with Crippen molar-refractivity contribution in [3.8, 4) is 23.1 Å². The summed E-state index contributed by atoms with van der Waals surface area (Å²) in [6, 6.07) is 8.98. The third-order valence-corrected chi connectivity index (χ3v) is 2.70. The SMILES string of the molecule is CCOC(=O)c1c(-c2cccc(OC)c2)n[nH]c1C#N. The molecule has 0 aliphatic carbocycles. The Balaban J connectivity index is 2.54. The van der Waals surface area contributed by atoms with E-state index in [0.717, 1.165) is 0 Å². The minimum absolute atomic E-state index is 0.0845. The molecule has 0 fully saturated rings. The molecule has 0 unspecified atom stereocenters. The molecule has 0 atom stereocenters. The number of hydrogen-bond donors (Lipinski definition) is 1. The molecule has 0 aliphatic rings. The first-order valence-corrected chi connectivity index (χ1v) is 6.01. The van der Waals surface area contributed by atoms with Crippen molar-refractivity contribution in [2.45, 2.75) is 6.92 Å². The van der Waals surface area contributed by atoms with Crippen LogP contribution in [0.3, 0.4) is 0 Å². The molecule has 1 heterocycles. The van der Waals surface area contributed by atoms with E-state index < -0.39 is 5.97 Å². The summed E-state index contributed by atoms with van der Waals surface area (Å²) < 4.78 is 10.1. The summed E-state index contributed by atoms with van der Waals surface area (Å²) >= 11 is 0. The quantitative estimate of drug-likeness (QED) is 0.860. The van der Waals surface area contributed by atoms with E-state index in [-0.39, 0.29) is 17.9 Å². The predicted molar refractivity (Wildman–Crippen MR) is 71.2 cm³/mol. The van der Waals surface area contributed by atoms with Gasteiger partial charge in [-0.05, 0) is 19.1 Å². The highest BCUT2D eigenvalue weighted by molar-refractivity contribution is 5.98. The van der Waals surface area contributed by atoms with Gasteiger partial charge < -0.3 is 9.47 Å². The summed E-state index contributed by atoms with van der Waals surface area (Å²) in [4.78, 5) is 12.0. The molecule has 20 heavy (non-hydrogen) atoms. The monoisotopic (exact) mass is 271 g/mol. The smallest absolute Gasteiger partial charge is 0.343 e. The number of esters is 1. The van der Waals surface area contributed by atoms with Gasteiger partial charge in [-0.15, -0.1) is 0 Å². The number of ether oxygens (including phenoxy) is 2. The van der Waals surface area contributed by atoms with Crippen molar-refractivity contribution in [2.75, 3.05) is 13.7 Å². The van der Waals surface area contributed by atoms with Crippen LogP contribution in [-0.4, -0.2) is 29.9 Å². The maximum Gasteiger partial charge on any atom is 0.343 e. The number of aromatic amines is 1. The van der Waals surface area contributed by atoms with Gasteiger partial charge in [-0.25, -0.2) is 4.79 Å². The number of nitrogens with zero attached hydrogens (tertiary/aromatic N) is 2. The van der Waals surface area contributed by atoms with Crippen LogP contribution < -0.4 is 4.74 Å². The molecule has 0 amide bonds. The van der Waals surface area contributed by atoms with Crippen molar-refractivity contribution in [1.82, 2.24) is 10.2 Å². The number of methoxy groups -OCH3 is 1. The van der Waals surface area contributed by atoms with Crippen LogP contribution in [0.4, 0.5) is 0 Å². The minimum Gasteiger partial charge on any atom is -0.497 e. The zero-order valence-electron chi connectivity index (χ0n) is 11.1. The van der Waals surface area contributed by atoms with E-state index in [1.165, 1.54) is 0 Å². The van der Waals surface area contributed by atoms with Crippen LogP contribution in [-0.2, 0) is 4.74 Å². The zero-order valence-corrected chi connectivity index (χ0v) is 11.1. The Kier molecular flexibility index (Phi) is 4.01. The number of carbonyl (C=O) groups excluding carboxylic acids is 1. The van der Waals surface area contributed by atoms with Gasteiger partial charge in [0, 0.05) is 5.56 Å². The lowest BCUT2D eigenvalue weighted by molar-refractivity contribution is 0.0527. The average molecular weight is 271 g/mol. The number of nitriles is 1. The van der Waals surface area contributed by atoms with Crippen LogP contribution >= 0.6 is 0 Å². The Morgan fingerprint density at radius 3 is 2.95 bits per heavy atom. The minimum atomic E-state index is -0.574. The van der Waals surface area contributed by atoms with Crippen LogP contribution in [0.1, 0.15) is 23.0 Å². The van der Waals surface area contributed by atoms with E-state index in [2.05, 4.69) is 10.2 Å². The molecule has 6 heteroatoms. The highest BCUT2D eigenvalue weighted by Crippen LogP contribution is 2.27. The molecule has 102 valence electrons.